The Labute approximate surface area is 116 Å². The number of fused-ring (bicyclic) bond motifs is 1. The maximum absolute atomic E-state index is 10.1. The third-order valence-electron chi connectivity index (χ3n) is 5.01. The molecule has 0 amide bonds. The monoisotopic (exact) mass is 259 g/mol. The quantitative estimate of drug-likeness (QED) is 0.885. The summed E-state index contributed by atoms with van der Waals surface area (Å²) >= 11 is 0. The third-order valence-corrected chi connectivity index (χ3v) is 5.01. The Morgan fingerprint density at radius 1 is 1.16 bits per heavy atom. The Kier molecular flexibility index (Phi) is 3.79. The molecule has 0 aromatic heterocycles. The van der Waals surface area contributed by atoms with Gasteiger partial charge < -0.3 is 5.11 Å². The largest absolute Gasteiger partial charge is 0.508 e. The molecule has 1 fully saturated rings. The van der Waals surface area contributed by atoms with Crippen LogP contribution in [-0.4, -0.2) is 22.6 Å². The summed E-state index contributed by atoms with van der Waals surface area (Å²) in [7, 11) is 0. The van der Waals surface area contributed by atoms with Crippen LogP contribution in [0, 0.1) is 0 Å². The van der Waals surface area contributed by atoms with Crippen LogP contribution in [0.4, 0.5) is 0 Å². The first kappa shape index (κ1) is 13.0. The van der Waals surface area contributed by atoms with Gasteiger partial charge in [-0.1, -0.05) is 31.9 Å². The summed E-state index contributed by atoms with van der Waals surface area (Å²) < 4.78 is 0. The average Bonchev–Trinajstić information content (AvgIpc) is 2.95. The highest BCUT2D eigenvalue weighted by molar-refractivity contribution is 5.42. The first-order chi connectivity index (χ1) is 9.31. The molecule has 0 spiro atoms. The van der Waals surface area contributed by atoms with Crippen molar-refractivity contribution in [2.75, 3.05) is 6.54 Å². The van der Waals surface area contributed by atoms with Crippen LogP contribution in [0.15, 0.2) is 18.2 Å². The molecule has 1 atom stereocenters. The zero-order valence-corrected chi connectivity index (χ0v) is 11.9. The van der Waals surface area contributed by atoms with Crippen molar-refractivity contribution >= 4 is 0 Å². The van der Waals surface area contributed by atoms with E-state index in [9.17, 15) is 5.11 Å². The summed E-state index contributed by atoms with van der Waals surface area (Å²) in [6, 6.07) is 7.38. The van der Waals surface area contributed by atoms with Crippen LogP contribution in [0.25, 0.3) is 0 Å². The average molecular weight is 259 g/mol. The molecule has 0 saturated heterocycles. The van der Waals surface area contributed by atoms with E-state index in [2.05, 4.69) is 17.9 Å². The topological polar surface area (TPSA) is 23.5 Å². The number of aromatic hydroxyl groups is 1. The summed E-state index contributed by atoms with van der Waals surface area (Å²) in [6.07, 6.45) is 9.00. The fourth-order valence-electron chi connectivity index (χ4n) is 4.12. The fraction of sp³-hybridized carbons (Fsp3) is 0.647. The Morgan fingerprint density at radius 2 is 1.95 bits per heavy atom. The van der Waals surface area contributed by atoms with Crippen LogP contribution in [0.1, 0.15) is 62.6 Å². The molecule has 0 aliphatic heterocycles. The maximum atomic E-state index is 10.1. The van der Waals surface area contributed by atoms with Crippen molar-refractivity contribution in [2.45, 2.75) is 64.0 Å². The SMILES string of the molecule is CCN(C1CCCC1)C1CCCc2c(O)cccc21. The third kappa shape index (κ3) is 2.38. The molecule has 2 aliphatic rings. The molecule has 104 valence electrons. The number of hydrogen-bond donors (Lipinski definition) is 1. The van der Waals surface area contributed by atoms with Gasteiger partial charge in [0.25, 0.3) is 0 Å². The summed E-state index contributed by atoms with van der Waals surface area (Å²) in [5, 5.41) is 10.1. The van der Waals surface area contributed by atoms with E-state index in [0.29, 0.717) is 11.8 Å². The number of rotatable bonds is 3. The second kappa shape index (κ2) is 5.54. The number of phenolic OH excluding ortho intramolecular Hbond substituents is 1. The molecule has 1 N–H and O–H groups in total. The Balaban J connectivity index is 1.91. The van der Waals surface area contributed by atoms with Crippen LogP contribution in [0.3, 0.4) is 0 Å². The van der Waals surface area contributed by atoms with Crippen molar-refractivity contribution in [1.82, 2.24) is 4.90 Å². The highest BCUT2D eigenvalue weighted by Crippen LogP contribution is 2.40. The summed E-state index contributed by atoms with van der Waals surface area (Å²) in [5.41, 5.74) is 2.59. The number of nitrogens with zero attached hydrogens (tertiary/aromatic N) is 1. The van der Waals surface area contributed by atoms with Crippen LogP contribution >= 0.6 is 0 Å². The van der Waals surface area contributed by atoms with E-state index in [-0.39, 0.29) is 0 Å². The van der Waals surface area contributed by atoms with Crippen LogP contribution in [-0.2, 0) is 6.42 Å². The lowest BCUT2D eigenvalue weighted by molar-refractivity contribution is 0.128. The van der Waals surface area contributed by atoms with E-state index in [1.165, 1.54) is 49.7 Å². The van der Waals surface area contributed by atoms with Crippen molar-refractivity contribution in [3.8, 4) is 5.75 Å². The Hall–Kier alpha value is -1.02. The number of hydrogen-bond acceptors (Lipinski definition) is 2. The molecule has 1 aromatic rings. The van der Waals surface area contributed by atoms with E-state index in [0.717, 1.165) is 19.0 Å². The lowest BCUT2D eigenvalue weighted by Gasteiger charge is -2.39. The van der Waals surface area contributed by atoms with E-state index in [4.69, 9.17) is 0 Å². The highest BCUT2D eigenvalue weighted by atomic mass is 16.3. The summed E-state index contributed by atoms with van der Waals surface area (Å²) in [5.74, 6) is 0.504. The van der Waals surface area contributed by atoms with Gasteiger partial charge in [0, 0.05) is 12.1 Å². The lowest BCUT2D eigenvalue weighted by atomic mass is 9.85. The van der Waals surface area contributed by atoms with Crippen molar-refractivity contribution < 1.29 is 5.11 Å². The molecule has 2 nitrogen and oxygen atoms in total. The molecule has 2 heteroatoms. The van der Waals surface area contributed by atoms with Crippen molar-refractivity contribution in [1.29, 1.82) is 0 Å². The smallest absolute Gasteiger partial charge is 0.119 e. The number of phenols is 1. The highest BCUT2D eigenvalue weighted by Gasteiger charge is 2.31. The van der Waals surface area contributed by atoms with E-state index < -0.39 is 0 Å². The predicted molar refractivity (Wildman–Crippen MR) is 78.4 cm³/mol. The molecular formula is C17H25NO. The molecule has 19 heavy (non-hydrogen) atoms. The van der Waals surface area contributed by atoms with Gasteiger partial charge in [-0.2, -0.15) is 0 Å². The standard InChI is InChI=1S/C17H25NO/c1-2-18(13-7-3-4-8-13)16-11-5-10-15-14(16)9-6-12-17(15)19/h6,9,12-13,16,19H,2-5,7-8,10-11H2,1H3. The molecule has 2 aliphatic carbocycles. The van der Waals surface area contributed by atoms with Gasteiger partial charge in [0.15, 0.2) is 0 Å². The minimum Gasteiger partial charge on any atom is -0.508 e. The first-order valence-corrected chi connectivity index (χ1v) is 7.87. The maximum Gasteiger partial charge on any atom is 0.119 e. The summed E-state index contributed by atoms with van der Waals surface area (Å²) in [4.78, 5) is 2.70. The first-order valence-electron chi connectivity index (χ1n) is 7.87. The molecule has 3 rings (SSSR count). The molecule has 1 saturated carbocycles. The van der Waals surface area contributed by atoms with E-state index in [1.54, 1.807) is 0 Å². The van der Waals surface area contributed by atoms with Crippen molar-refractivity contribution in [3.05, 3.63) is 29.3 Å². The van der Waals surface area contributed by atoms with Gasteiger partial charge >= 0.3 is 0 Å². The van der Waals surface area contributed by atoms with Gasteiger partial charge in [0.2, 0.25) is 0 Å². The van der Waals surface area contributed by atoms with Gasteiger partial charge in [-0.25, -0.2) is 0 Å². The van der Waals surface area contributed by atoms with Gasteiger partial charge in [-0.3, -0.25) is 4.90 Å². The van der Waals surface area contributed by atoms with Crippen molar-refractivity contribution in [3.63, 3.8) is 0 Å². The molecule has 1 aromatic carbocycles. The minimum absolute atomic E-state index is 0.504. The molecule has 0 bridgehead atoms. The minimum atomic E-state index is 0.504. The van der Waals surface area contributed by atoms with Gasteiger partial charge in [-0.15, -0.1) is 0 Å². The number of benzene rings is 1. The predicted octanol–water partition coefficient (Wildman–Crippen LogP) is 4.03. The zero-order chi connectivity index (χ0) is 13.2. The second-order valence-electron chi connectivity index (χ2n) is 6.02. The van der Waals surface area contributed by atoms with Crippen LogP contribution in [0.2, 0.25) is 0 Å². The Bertz CT molecular complexity index is 437. The van der Waals surface area contributed by atoms with E-state index >= 15 is 0 Å². The normalized spacial score (nSPS) is 23.8. The molecule has 1 unspecified atom stereocenters. The summed E-state index contributed by atoms with van der Waals surface area (Å²) in [6.45, 7) is 3.42. The van der Waals surface area contributed by atoms with Gasteiger partial charge in [0.05, 0.1) is 0 Å². The fourth-order valence-corrected chi connectivity index (χ4v) is 4.12. The van der Waals surface area contributed by atoms with Gasteiger partial charge in [-0.05, 0) is 55.8 Å². The second-order valence-corrected chi connectivity index (χ2v) is 6.02. The van der Waals surface area contributed by atoms with Crippen molar-refractivity contribution in [2.24, 2.45) is 0 Å². The van der Waals surface area contributed by atoms with E-state index in [1.807, 2.05) is 12.1 Å². The van der Waals surface area contributed by atoms with Crippen LogP contribution < -0.4 is 0 Å². The molecule has 0 radical (unpaired) electrons. The molecular weight excluding hydrogens is 234 g/mol. The van der Waals surface area contributed by atoms with Gasteiger partial charge in [0.1, 0.15) is 5.75 Å². The zero-order valence-electron chi connectivity index (χ0n) is 11.9. The molecule has 0 heterocycles. The Morgan fingerprint density at radius 3 is 2.68 bits per heavy atom. The van der Waals surface area contributed by atoms with Crippen LogP contribution in [0.5, 0.6) is 5.75 Å². The lowest BCUT2D eigenvalue weighted by Crippen LogP contribution is -2.38.